The number of para-hydroxylation sites is 1. The molecule has 0 aliphatic carbocycles. The third-order valence-electron chi connectivity index (χ3n) is 4.76. The van der Waals surface area contributed by atoms with Crippen molar-refractivity contribution in [3.63, 3.8) is 0 Å². The molecule has 0 radical (unpaired) electrons. The van der Waals surface area contributed by atoms with E-state index in [-0.39, 0.29) is 27.9 Å². The van der Waals surface area contributed by atoms with Gasteiger partial charge in [-0.05, 0) is 35.2 Å². The largest absolute Gasteiger partial charge is 0.325 e. The van der Waals surface area contributed by atoms with E-state index in [9.17, 15) is 19.7 Å². The molecule has 1 aliphatic rings. The average Bonchev–Trinajstić information content (AvgIpc) is 2.72. The molecule has 0 spiro atoms. The fourth-order valence-electron chi connectivity index (χ4n) is 3.54. The molecule has 0 bridgehead atoms. The van der Waals surface area contributed by atoms with Gasteiger partial charge >= 0.3 is 11.3 Å². The fourth-order valence-corrected chi connectivity index (χ4v) is 4.09. The SMILES string of the molecule is CSc1n[n+]2c(c(=O)[nH]1)-c1ccccc1N(C(C)=O)[C@@H]2c1ccc(Cl)c([N+](=O)[O-])c1. The first kappa shape index (κ1) is 20.0. The maximum Gasteiger partial charge on any atom is 0.325 e. The number of nitrogens with one attached hydrogen (secondary N) is 1. The minimum absolute atomic E-state index is 0.0248. The first-order chi connectivity index (χ1) is 14.3. The van der Waals surface area contributed by atoms with Crippen LogP contribution < -0.4 is 15.1 Å². The van der Waals surface area contributed by atoms with Crippen molar-refractivity contribution in [2.24, 2.45) is 0 Å². The molecular formula is C19H15ClN5O4S+. The molecule has 0 fully saturated rings. The summed E-state index contributed by atoms with van der Waals surface area (Å²) in [6.45, 7) is 1.39. The highest BCUT2D eigenvalue weighted by molar-refractivity contribution is 7.98. The van der Waals surface area contributed by atoms with Crippen molar-refractivity contribution in [3.05, 3.63) is 73.5 Å². The number of rotatable bonds is 3. The highest BCUT2D eigenvalue weighted by Crippen LogP contribution is 2.38. The number of anilines is 1. The molecule has 1 amide bonds. The van der Waals surface area contributed by atoms with E-state index in [1.54, 1.807) is 36.6 Å². The van der Waals surface area contributed by atoms with Crippen LogP contribution in [0, 0.1) is 10.1 Å². The van der Waals surface area contributed by atoms with Crippen LogP contribution in [0.2, 0.25) is 5.02 Å². The number of hydrogen-bond donors (Lipinski definition) is 1. The lowest BCUT2D eigenvalue weighted by molar-refractivity contribution is -0.763. The van der Waals surface area contributed by atoms with Crippen molar-refractivity contribution < 1.29 is 14.4 Å². The molecule has 30 heavy (non-hydrogen) atoms. The number of nitrogens with zero attached hydrogens (tertiary/aromatic N) is 4. The minimum atomic E-state index is -0.906. The van der Waals surface area contributed by atoms with Crippen molar-refractivity contribution in [2.45, 2.75) is 18.2 Å². The van der Waals surface area contributed by atoms with Crippen LogP contribution in [0.4, 0.5) is 11.4 Å². The molecule has 2 aromatic carbocycles. The van der Waals surface area contributed by atoms with Crippen molar-refractivity contribution in [3.8, 4) is 11.3 Å². The van der Waals surface area contributed by atoms with Crippen LogP contribution in [0.3, 0.4) is 0 Å². The third kappa shape index (κ3) is 3.14. The number of carbonyl (C=O) groups excluding carboxylic acids is 1. The van der Waals surface area contributed by atoms with Gasteiger partial charge in [0.05, 0.1) is 21.7 Å². The summed E-state index contributed by atoms with van der Waals surface area (Å²) in [5.74, 6) is -0.309. The van der Waals surface area contributed by atoms with Gasteiger partial charge < -0.3 is 0 Å². The van der Waals surface area contributed by atoms with Crippen molar-refractivity contribution in [1.29, 1.82) is 0 Å². The number of nitro benzene ring substituents is 1. The summed E-state index contributed by atoms with van der Waals surface area (Å²) in [5, 5.41) is 16.3. The minimum Gasteiger partial charge on any atom is -0.291 e. The predicted octanol–water partition coefficient (Wildman–Crippen LogP) is 2.92. The van der Waals surface area contributed by atoms with E-state index >= 15 is 0 Å². The van der Waals surface area contributed by atoms with Crippen LogP contribution in [0.25, 0.3) is 11.3 Å². The van der Waals surface area contributed by atoms with Gasteiger partial charge in [0.15, 0.2) is 0 Å². The molecule has 4 rings (SSSR count). The van der Waals surface area contributed by atoms with Gasteiger partial charge in [-0.15, -0.1) is 0 Å². The lowest BCUT2D eigenvalue weighted by Gasteiger charge is -2.31. The zero-order chi connectivity index (χ0) is 21.6. The van der Waals surface area contributed by atoms with Crippen molar-refractivity contribution in [2.75, 3.05) is 11.2 Å². The number of benzene rings is 2. The Balaban J connectivity index is 2.09. The highest BCUT2D eigenvalue weighted by atomic mass is 35.5. The topological polar surface area (TPSA) is 113 Å². The average molecular weight is 445 g/mol. The summed E-state index contributed by atoms with van der Waals surface area (Å²) in [5.41, 5.74) is 1.02. The number of hydrogen-bond acceptors (Lipinski definition) is 6. The third-order valence-corrected chi connectivity index (χ3v) is 5.65. The molecule has 0 saturated heterocycles. The summed E-state index contributed by atoms with van der Waals surface area (Å²) in [6, 6.07) is 11.3. The molecule has 0 saturated carbocycles. The van der Waals surface area contributed by atoms with E-state index in [0.717, 1.165) is 0 Å². The number of carbonyl (C=O) groups is 1. The van der Waals surface area contributed by atoms with E-state index in [0.29, 0.717) is 22.0 Å². The number of H-pyrrole nitrogens is 1. The Morgan fingerprint density at radius 2 is 2.07 bits per heavy atom. The van der Waals surface area contributed by atoms with Crippen LogP contribution in [0.5, 0.6) is 0 Å². The maximum absolute atomic E-state index is 12.9. The lowest BCUT2D eigenvalue weighted by Crippen LogP contribution is -2.60. The molecule has 1 aromatic heterocycles. The molecule has 1 atom stereocenters. The second kappa shape index (κ2) is 7.54. The van der Waals surface area contributed by atoms with Crippen LogP contribution in [0.1, 0.15) is 18.7 Å². The molecule has 0 unspecified atom stereocenters. The zero-order valence-electron chi connectivity index (χ0n) is 15.8. The van der Waals surface area contributed by atoms with Gasteiger partial charge in [0.25, 0.3) is 11.9 Å². The standard InChI is InChI=1S/C19H14ClN5O4S/c1-10(26)23-14-6-4-3-5-12(14)16-17(27)21-19(30-2)22-24(16)18(23)11-7-8-13(20)15(9-11)25(28)29/h3-9,18H,1-2H3/p+1/t18-/m0/s1. The van der Waals surface area contributed by atoms with Gasteiger partial charge in [-0.1, -0.05) is 35.5 Å². The summed E-state index contributed by atoms with van der Waals surface area (Å²) in [4.78, 5) is 40.7. The van der Waals surface area contributed by atoms with Gasteiger partial charge in [-0.2, -0.15) is 0 Å². The molecular weight excluding hydrogens is 430 g/mol. The fraction of sp³-hybridized carbons (Fsp3) is 0.158. The van der Waals surface area contributed by atoms with E-state index in [2.05, 4.69) is 10.1 Å². The zero-order valence-corrected chi connectivity index (χ0v) is 17.4. The summed E-state index contributed by atoms with van der Waals surface area (Å²) in [7, 11) is 0. The van der Waals surface area contributed by atoms with Crippen molar-refractivity contribution >= 4 is 40.6 Å². The quantitative estimate of drug-likeness (QED) is 0.287. The normalized spacial score (nSPS) is 14.8. The number of aromatic nitrogens is 3. The second-order valence-corrected chi connectivity index (χ2v) is 7.71. The van der Waals surface area contributed by atoms with Crippen LogP contribution in [-0.2, 0) is 4.79 Å². The van der Waals surface area contributed by atoms with Crippen molar-refractivity contribution in [1.82, 2.24) is 10.1 Å². The Hall–Kier alpha value is -3.24. The smallest absolute Gasteiger partial charge is 0.291 e. The van der Waals surface area contributed by atoms with Crippen LogP contribution in [-0.4, -0.2) is 27.2 Å². The number of fused-ring (bicyclic) bond motifs is 3. The molecule has 3 aromatic rings. The maximum atomic E-state index is 12.9. The van der Waals surface area contributed by atoms with E-state index in [1.807, 2.05) is 0 Å². The summed E-state index contributed by atoms with van der Waals surface area (Å²) >= 11 is 7.21. The Morgan fingerprint density at radius 1 is 1.33 bits per heavy atom. The molecule has 152 valence electrons. The molecule has 1 N–H and O–H groups in total. The number of amides is 1. The first-order valence-electron chi connectivity index (χ1n) is 8.76. The number of halogens is 1. The number of aromatic amines is 1. The number of thioether (sulfide) groups is 1. The molecule has 1 aliphatic heterocycles. The van der Waals surface area contributed by atoms with Crippen LogP contribution in [0.15, 0.2) is 52.4 Å². The Labute approximate surface area is 179 Å². The highest BCUT2D eigenvalue weighted by Gasteiger charge is 2.45. The van der Waals surface area contributed by atoms with Gasteiger partial charge in [0.2, 0.25) is 11.1 Å². The van der Waals surface area contributed by atoms with Gasteiger partial charge in [0.1, 0.15) is 5.02 Å². The monoisotopic (exact) mass is 444 g/mol. The Morgan fingerprint density at radius 3 is 2.73 bits per heavy atom. The number of nitro groups is 1. The van der Waals surface area contributed by atoms with Gasteiger partial charge in [-0.25, -0.2) is 4.90 Å². The lowest BCUT2D eigenvalue weighted by atomic mass is 10.0. The summed E-state index contributed by atoms with van der Waals surface area (Å²) in [6.07, 6.45) is 0.851. The first-order valence-corrected chi connectivity index (χ1v) is 10.4. The molecule has 2 heterocycles. The Bertz CT molecular complexity index is 1260. The van der Waals surface area contributed by atoms with Gasteiger partial charge in [0, 0.05) is 18.1 Å². The van der Waals surface area contributed by atoms with E-state index < -0.39 is 11.1 Å². The molecule has 9 nitrogen and oxygen atoms in total. The van der Waals surface area contributed by atoms with Crippen LogP contribution >= 0.6 is 23.4 Å². The van der Waals surface area contributed by atoms with Gasteiger partial charge in [-0.3, -0.25) is 24.7 Å². The van der Waals surface area contributed by atoms with E-state index in [1.165, 1.54) is 40.4 Å². The summed E-state index contributed by atoms with van der Waals surface area (Å²) < 4.78 is 1.43. The Kier molecular flexibility index (Phi) is 5.04. The van der Waals surface area contributed by atoms with E-state index in [4.69, 9.17) is 11.6 Å². The predicted molar refractivity (Wildman–Crippen MR) is 112 cm³/mol. The molecule has 11 heteroatoms. The second-order valence-electron chi connectivity index (χ2n) is 6.50.